The fraction of sp³-hybridized carbons (Fsp3) is 1.00. The molecule has 0 saturated carbocycles. The molecule has 122 valence electrons. The van der Waals surface area contributed by atoms with E-state index in [4.69, 9.17) is 13.6 Å². The molecule has 5 heteroatoms. The molecule has 20 heavy (non-hydrogen) atoms. The molecular formula is C15H33O4P. The van der Waals surface area contributed by atoms with Crippen LogP contribution in [-0.4, -0.2) is 19.8 Å². The predicted octanol–water partition coefficient (Wildman–Crippen LogP) is 5.71. The van der Waals surface area contributed by atoms with Crippen molar-refractivity contribution in [2.24, 2.45) is 0 Å². The van der Waals surface area contributed by atoms with Crippen LogP contribution in [0, 0.1) is 0 Å². The second-order valence-electron chi connectivity index (χ2n) is 5.07. The van der Waals surface area contributed by atoms with E-state index >= 15 is 0 Å². The third kappa shape index (κ3) is 11.9. The molecule has 0 radical (unpaired) electrons. The highest BCUT2D eigenvalue weighted by Crippen LogP contribution is 2.49. The molecule has 0 aliphatic rings. The Morgan fingerprint density at radius 1 is 0.600 bits per heavy atom. The van der Waals surface area contributed by atoms with Crippen LogP contribution in [0.15, 0.2) is 0 Å². The SMILES string of the molecule is CCCCCCOP(=O)(OCCC)OCCCCCC. The lowest BCUT2D eigenvalue weighted by molar-refractivity contribution is 0.110. The van der Waals surface area contributed by atoms with Crippen molar-refractivity contribution in [3.63, 3.8) is 0 Å². The van der Waals surface area contributed by atoms with Crippen LogP contribution < -0.4 is 0 Å². The van der Waals surface area contributed by atoms with Gasteiger partial charge in [-0.1, -0.05) is 59.3 Å². The van der Waals surface area contributed by atoms with Crippen molar-refractivity contribution in [1.82, 2.24) is 0 Å². The monoisotopic (exact) mass is 308 g/mol. The van der Waals surface area contributed by atoms with Crippen LogP contribution in [0.25, 0.3) is 0 Å². The maximum Gasteiger partial charge on any atom is 0.474 e. The van der Waals surface area contributed by atoms with Crippen LogP contribution in [-0.2, 0) is 18.1 Å². The topological polar surface area (TPSA) is 44.8 Å². The fourth-order valence-electron chi connectivity index (χ4n) is 1.73. The van der Waals surface area contributed by atoms with E-state index in [1.165, 1.54) is 25.7 Å². The summed E-state index contributed by atoms with van der Waals surface area (Å²) in [5.74, 6) is 0. The van der Waals surface area contributed by atoms with Gasteiger partial charge in [0.1, 0.15) is 0 Å². The molecule has 0 fully saturated rings. The van der Waals surface area contributed by atoms with Crippen molar-refractivity contribution in [2.75, 3.05) is 19.8 Å². The van der Waals surface area contributed by atoms with Crippen molar-refractivity contribution < 1.29 is 18.1 Å². The van der Waals surface area contributed by atoms with Gasteiger partial charge < -0.3 is 0 Å². The van der Waals surface area contributed by atoms with Gasteiger partial charge in [-0.05, 0) is 19.3 Å². The van der Waals surface area contributed by atoms with E-state index in [-0.39, 0.29) is 0 Å². The summed E-state index contributed by atoms with van der Waals surface area (Å²) in [6, 6.07) is 0. The Hall–Kier alpha value is 0.110. The zero-order chi connectivity index (χ0) is 15.1. The fourth-order valence-corrected chi connectivity index (χ4v) is 3.06. The minimum Gasteiger partial charge on any atom is -0.287 e. The first-order valence-corrected chi connectivity index (χ1v) is 9.68. The normalized spacial score (nSPS) is 11.9. The Kier molecular flexibility index (Phi) is 14.1. The molecule has 0 amide bonds. The largest absolute Gasteiger partial charge is 0.474 e. The van der Waals surface area contributed by atoms with Crippen LogP contribution in [0.3, 0.4) is 0 Å². The van der Waals surface area contributed by atoms with Crippen molar-refractivity contribution in [1.29, 1.82) is 0 Å². The molecule has 0 aliphatic heterocycles. The summed E-state index contributed by atoms with van der Waals surface area (Å²) < 4.78 is 28.5. The zero-order valence-corrected chi connectivity index (χ0v) is 14.5. The smallest absolute Gasteiger partial charge is 0.287 e. The van der Waals surface area contributed by atoms with Gasteiger partial charge in [0.25, 0.3) is 0 Å². The summed E-state index contributed by atoms with van der Waals surface area (Å²) in [4.78, 5) is 0. The molecule has 0 bridgehead atoms. The number of phosphoric acid groups is 1. The molecule has 0 aromatic heterocycles. The lowest BCUT2D eigenvalue weighted by Crippen LogP contribution is -2.04. The Morgan fingerprint density at radius 3 is 1.45 bits per heavy atom. The van der Waals surface area contributed by atoms with Gasteiger partial charge >= 0.3 is 7.82 Å². The molecule has 0 rings (SSSR count). The average molecular weight is 308 g/mol. The summed E-state index contributed by atoms with van der Waals surface area (Å²) >= 11 is 0. The van der Waals surface area contributed by atoms with E-state index in [0.29, 0.717) is 19.8 Å². The number of unbranched alkanes of at least 4 members (excludes halogenated alkanes) is 6. The molecule has 0 spiro atoms. The lowest BCUT2D eigenvalue weighted by atomic mass is 10.2. The van der Waals surface area contributed by atoms with E-state index in [2.05, 4.69) is 13.8 Å². The first-order chi connectivity index (χ1) is 9.68. The highest BCUT2D eigenvalue weighted by Gasteiger charge is 2.25. The van der Waals surface area contributed by atoms with E-state index in [9.17, 15) is 4.57 Å². The number of hydrogen-bond donors (Lipinski definition) is 0. The molecule has 0 atom stereocenters. The second kappa shape index (κ2) is 14.1. The molecular weight excluding hydrogens is 275 g/mol. The Morgan fingerprint density at radius 2 is 1.05 bits per heavy atom. The van der Waals surface area contributed by atoms with Gasteiger partial charge in [0, 0.05) is 0 Å². The van der Waals surface area contributed by atoms with E-state index in [1.54, 1.807) is 0 Å². The van der Waals surface area contributed by atoms with Gasteiger partial charge in [-0.2, -0.15) is 0 Å². The molecule has 0 saturated heterocycles. The number of hydrogen-bond acceptors (Lipinski definition) is 4. The van der Waals surface area contributed by atoms with Crippen LogP contribution in [0.5, 0.6) is 0 Å². The first kappa shape index (κ1) is 20.1. The zero-order valence-electron chi connectivity index (χ0n) is 13.6. The second-order valence-corrected chi connectivity index (χ2v) is 6.74. The van der Waals surface area contributed by atoms with Crippen LogP contribution in [0.1, 0.15) is 78.6 Å². The average Bonchev–Trinajstić information content (AvgIpc) is 2.45. The van der Waals surface area contributed by atoms with Gasteiger partial charge in [-0.25, -0.2) is 4.57 Å². The molecule has 4 nitrogen and oxygen atoms in total. The third-order valence-corrected chi connectivity index (χ3v) is 4.44. The predicted molar refractivity (Wildman–Crippen MR) is 84.0 cm³/mol. The Balaban J connectivity index is 3.91. The van der Waals surface area contributed by atoms with Crippen molar-refractivity contribution in [3.8, 4) is 0 Å². The van der Waals surface area contributed by atoms with Gasteiger partial charge in [0.2, 0.25) is 0 Å². The molecule has 0 unspecified atom stereocenters. The molecule has 0 aliphatic carbocycles. The highest BCUT2D eigenvalue weighted by molar-refractivity contribution is 7.48. The minimum absolute atomic E-state index is 0.418. The van der Waals surface area contributed by atoms with E-state index in [0.717, 1.165) is 32.1 Å². The standard InChI is InChI=1S/C15H33O4P/c1-4-7-9-11-14-18-20(16,17-13-6-3)19-15-12-10-8-5-2/h4-15H2,1-3H3. The molecule has 0 N–H and O–H groups in total. The maximum absolute atomic E-state index is 12.4. The highest BCUT2D eigenvalue weighted by atomic mass is 31.2. The first-order valence-electron chi connectivity index (χ1n) is 8.22. The van der Waals surface area contributed by atoms with Gasteiger partial charge in [0.15, 0.2) is 0 Å². The summed E-state index contributed by atoms with van der Waals surface area (Å²) in [5.41, 5.74) is 0. The summed E-state index contributed by atoms with van der Waals surface area (Å²) in [7, 11) is -3.33. The Labute approximate surface area is 125 Å². The molecule has 0 aromatic rings. The van der Waals surface area contributed by atoms with Crippen molar-refractivity contribution in [2.45, 2.75) is 78.6 Å². The minimum atomic E-state index is -3.33. The van der Waals surface area contributed by atoms with Crippen LogP contribution >= 0.6 is 7.82 Å². The maximum atomic E-state index is 12.4. The summed E-state index contributed by atoms with van der Waals surface area (Å²) in [5, 5.41) is 0. The third-order valence-electron chi connectivity index (χ3n) is 2.95. The summed E-state index contributed by atoms with van der Waals surface area (Å²) in [6.07, 6.45) is 9.54. The molecule has 0 aromatic carbocycles. The van der Waals surface area contributed by atoms with Crippen LogP contribution in [0.4, 0.5) is 0 Å². The van der Waals surface area contributed by atoms with Gasteiger partial charge in [-0.15, -0.1) is 0 Å². The quantitative estimate of drug-likeness (QED) is 0.287. The van der Waals surface area contributed by atoms with Gasteiger partial charge in [-0.3, -0.25) is 13.6 Å². The Bertz CT molecular complexity index is 228. The van der Waals surface area contributed by atoms with Crippen molar-refractivity contribution >= 4 is 7.82 Å². The van der Waals surface area contributed by atoms with Crippen molar-refractivity contribution in [3.05, 3.63) is 0 Å². The number of rotatable bonds is 15. The molecule has 0 heterocycles. The van der Waals surface area contributed by atoms with E-state index < -0.39 is 7.82 Å². The van der Waals surface area contributed by atoms with Gasteiger partial charge in [0.05, 0.1) is 19.8 Å². The lowest BCUT2D eigenvalue weighted by Gasteiger charge is -2.17. The van der Waals surface area contributed by atoms with Crippen LogP contribution in [0.2, 0.25) is 0 Å². The number of phosphoric ester groups is 1. The summed E-state index contributed by atoms with van der Waals surface area (Å²) in [6.45, 7) is 7.63. The van der Waals surface area contributed by atoms with E-state index in [1.807, 2.05) is 6.92 Å².